The van der Waals surface area contributed by atoms with Gasteiger partial charge in [-0.25, -0.2) is 0 Å². The fourth-order valence-corrected chi connectivity index (χ4v) is 3.44. The Bertz CT molecular complexity index is 211. The van der Waals surface area contributed by atoms with Gasteiger partial charge in [0, 0.05) is 11.8 Å². The minimum atomic E-state index is 0.259. The lowest BCUT2D eigenvalue weighted by molar-refractivity contribution is 0.464. The van der Waals surface area contributed by atoms with Gasteiger partial charge in [-0.3, -0.25) is 0 Å². The third-order valence-corrected chi connectivity index (χ3v) is 3.87. The number of rotatable bonds is 0. The molecule has 1 aliphatic heterocycles. The van der Waals surface area contributed by atoms with Gasteiger partial charge in [0.1, 0.15) is 0 Å². The molecule has 0 aromatic heterocycles. The van der Waals surface area contributed by atoms with Crippen LogP contribution in [-0.2, 0) is 0 Å². The lowest BCUT2D eigenvalue weighted by Gasteiger charge is -2.03. The van der Waals surface area contributed by atoms with Crippen LogP contribution >= 0.6 is 0 Å². The van der Waals surface area contributed by atoms with Crippen molar-refractivity contribution in [2.75, 3.05) is 0 Å². The molecular formula is C7H8N2. The highest BCUT2D eigenvalue weighted by molar-refractivity contribution is 5.29. The van der Waals surface area contributed by atoms with Crippen LogP contribution in [0.1, 0.15) is 12.8 Å². The zero-order chi connectivity index (χ0) is 5.64. The molecule has 0 radical (unpaired) electrons. The van der Waals surface area contributed by atoms with Crippen molar-refractivity contribution in [3.8, 4) is 0 Å². The highest BCUT2D eigenvalue weighted by atomic mass is 15.5. The Balaban J connectivity index is 2.00. The summed E-state index contributed by atoms with van der Waals surface area (Å²) in [5, 5.41) is 8.41. The van der Waals surface area contributed by atoms with E-state index in [-0.39, 0.29) is 5.66 Å². The Morgan fingerprint density at radius 3 is 2.00 bits per heavy atom. The number of nitrogens with zero attached hydrogens (tertiary/aromatic N) is 2. The predicted molar refractivity (Wildman–Crippen MR) is 30.8 cm³/mol. The molecule has 0 amide bonds. The lowest BCUT2D eigenvalue weighted by atomic mass is 10.0. The van der Waals surface area contributed by atoms with Crippen LogP contribution in [0.2, 0.25) is 0 Å². The summed E-state index contributed by atoms with van der Waals surface area (Å²) >= 11 is 0. The molecule has 0 N–H and O–H groups in total. The highest BCUT2D eigenvalue weighted by Gasteiger charge is 2.80. The third-order valence-electron chi connectivity index (χ3n) is 3.87. The monoisotopic (exact) mass is 120 g/mol. The fourth-order valence-electron chi connectivity index (χ4n) is 3.44. The first-order chi connectivity index (χ1) is 4.42. The van der Waals surface area contributed by atoms with Gasteiger partial charge >= 0.3 is 0 Å². The summed E-state index contributed by atoms with van der Waals surface area (Å²) in [4.78, 5) is 0. The maximum Gasteiger partial charge on any atom is 0.197 e. The number of hydrogen-bond donors (Lipinski definition) is 0. The second-order valence-corrected chi connectivity index (χ2v) is 4.00. The molecule has 4 saturated carbocycles. The van der Waals surface area contributed by atoms with Crippen LogP contribution in [0.5, 0.6) is 0 Å². The summed E-state index contributed by atoms with van der Waals surface area (Å²) in [6.07, 6.45) is 2.92. The van der Waals surface area contributed by atoms with Gasteiger partial charge in [-0.15, -0.1) is 0 Å². The Morgan fingerprint density at radius 1 is 1.11 bits per heavy atom. The highest BCUT2D eigenvalue weighted by Crippen LogP contribution is 2.79. The molecule has 5 rings (SSSR count). The predicted octanol–water partition coefficient (Wildman–Crippen LogP) is 1.43. The molecule has 2 heteroatoms. The second kappa shape index (κ2) is 0.710. The quantitative estimate of drug-likeness (QED) is 0.462. The van der Waals surface area contributed by atoms with E-state index in [1.54, 1.807) is 0 Å². The molecule has 2 unspecified atom stereocenters. The maximum absolute atomic E-state index is 4.20. The van der Waals surface area contributed by atoms with Crippen LogP contribution in [-0.4, -0.2) is 5.66 Å². The van der Waals surface area contributed by atoms with Crippen molar-refractivity contribution in [3.05, 3.63) is 0 Å². The molecular weight excluding hydrogens is 112 g/mol. The summed E-state index contributed by atoms with van der Waals surface area (Å²) in [6.45, 7) is 0. The van der Waals surface area contributed by atoms with Gasteiger partial charge in [0.05, 0.1) is 0 Å². The van der Waals surface area contributed by atoms with Crippen LogP contribution in [0.4, 0.5) is 0 Å². The van der Waals surface area contributed by atoms with Crippen molar-refractivity contribution in [1.29, 1.82) is 0 Å². The van der Waals surface area contributed by atoms with Gasteiger partial charge in [-0.1, -0.05) is 0 Å². The third kappa shape index (κ3) is 0.199. The molecule has 1 spiro atoms. The molecule has 0 aromatic carbocycles. The van der Waals surface area contributed by atoms with E-state index >= 15 is 0 Å². The first-order valence-corrected chi connectivity index (χ1v) is 3.86. The maximum atomic E-state index is 4.20. The minimum absolute atomic E-state index is 0.259. The summed E-state index contributed by atoms with van der Waals surface area (Å²) in [6, 6.07) is 0. The van der Waals surface area contributed by atoms with E-state index in [2.05, 4.69) is 10.2 Å². The first kappa shape index (κ1) is 3.69. The van der Waals surface area contributed by atoms with E-state index in [0.29, 0.717) is 0 Å². The Hall–Kier alpha value is -0.400. The summed E-state index contributed by atoms with van der Waals surface area (Å²) in [5.74, 6) is 4.00. The van der Waals surface area contributed by atoms with Crippen LogP contribution in [0.25, 0.3) is 0 Å². The molecule has 9 heavy (non-hydrogen) atoms. The molecule has 1 heterocycles. The van der Waals surface area contributed by atoms with E-state index in [1.165, 1.54) is 12.8 Å². The molecule has 4 aliphatic carbocycles. The summed E-state index contributed by atoms with van der Waals surface area (Å²) in [5.41, 5.74) is 0.259. The second-order valence-electron chi connectivity index (χ2n) is 4.00. The molecule has 0 saturated heterocycles. The topological polar surface area (TPSA) is 24.7 Å². The van der Waals surface area contributed by atoms with Crippen molar-refractivity contribution in [2.45, 2.75) is 18.5 Å². The van der Waals surface area contributed by atoms with E-state index in [9.17, 15) is 0 Å². The number of hydrogen-bond acceptors (Lipinski definition) is 2. The molecule has 4 fully saturated rings. The molecule has 46 valence electrons. The van der Waals surface area contributed by atoms with Crippen LogP contribution in [0.15, 0.2) is 10.2 Å². The fraction of sp³-hybridized carbons (Fsp3) is 1.00. The average Bonchev–Trinajstić information content (AvgIpc) is 2.59. The Morgan fingerprint density at radius 2 is 1.78 bits per heavy atom. The SMILES string of the molecule is C1C2C[C@H]3C([C@@H]13)C21N=N1. The zero-order valence-corrected chi connectivity index (χ0v) is 5.12. The molecule has 5 aliphatic rings. The van der Waals surface area contributed by atoms with Crippen LogP contribution < -0.4 is 0 Å². The minimum Gasteiger partial charge on any atom is -0.158 e. The molecule has 0 aromatic rings. The summed E-state index contributed by atoms with van der Waals surface area (Å²) in [7, 11) is 0. The standard InChI is InChI=1S/C7H8N2/c1-3-2-5-4(1)6(5)7(3)8-9-7/h3-6H,1-2H2/t3?,4-,5+,6?. The van der Waals surface area contributed by atoms with Crippen molar-refractivity contribution >= 4 is 0 Å². The van der Waals surface area contributed by atoms with Crippen molar-refractivity contribution in [1.82, 2.24) is 0 Å². The largest absolute Gasteiger partial charge is 0.197 e. The van der Waals surface area contributed by atoms with Gasteiger partial charge in [0.2, 0.25) is 0 Å². The van der Waals surface area contributed by atoms with Crippen molar-refractivity contribution < 1.29 is 0 Å². The Kier molecular flexibility index (Phi) is 0.291. The van der Waals surface area contributed by atoms with Gasteiger partial charge in [0.25, 0.3) is 0 Å². The molecule has 4 bridgehead atoms. The average molecular weight is 120 g/mol. The smallest absolute Gasteiger partial charge is 0.158 e. The van der Waals surface area contributed by atoms with Gasteiger partial charge in [-0.2, -0.15) is 10.2 Å². The lowest BCUT2D eigenvalue weighted by Crippen LogP contribution is -2.14. The van der Waals surface area contributed by atoms with Crippen molar-refractivity contribution in [3.63, 3.8) is 0 Å². The van der Waals surface area contributed by atoms with Gasteiger partial charge < -0.3 is 0 Å². The Labute approximate surface area is 53.4 Å². The summed E-state index contributed by atoms with van der Waals surface area (Å²) < 4.78 is 0. The van der Waals surface area contributed by atoms with Crippen LogP contribution in [0.3, 0.4) is 0 Å². The first-order valence-electron chi connectivity index (χ1n) is 3.86. The van der Waals surface area contributed by atoms with Crippen molar-refractivity contribution in [2.24, 2.45) is 33.9 Å². The molecule has 4 atom stereocenters. The van der Waals surface area contributed by atoms with E-state index in [0.717, 1.165) is 23.7 Å². The van der Waals surface area contributed by atoms with Gasteiger partial charge in [-0.05, 0) is 24.7 Å². The van der Waals surface area contributed by atoms with E-state index in [1.807, 2.05) is 0 Å². The molecule has 2 nitrogen and oxygen atoms in total. The normalized spacial score (nSPS) is 67.6. The zero-order valence-electron chi connectivity index (χ0n) is 5.12. The van der Waals surface area contributed by atoms with Crippen LogP contribution in [0, 0.1) is 23.7 Å². The van der Waals surface area contributed by atoms with E-state index in [4.69, 9.17) is 0 Å². The van der Waals surface area contributed by atoms with Gasteiger partial charge in [0.15, 0.2) is 5.66 Å². The van der Waals surface area contributed by atoms with E-state index < -0.39 is 0 Å².